The van der Waals surface area contributed by atoms with Crippen molar-refractivity contribution >= 4 is 17.2 Å². The second-order valence-electron chi connectivity index (χ2n) is 4.99. The normalized spacial score (nSPS) is 15.0. The number of carbonyl (C=O) groups is 1. The van der Waals surface area contributed by atoms with E-state index < -0.39 is 0 Å². The van der Waals surface area contributed by atoms with Crippen molar-refractivity contribution in [1.82, 2.24) is 4.90 Å². The molecule has 4 heteroatoms. The molecule has 1 aromatic heterocycles. The van der Waals surface area contributed by atoms with E-state index in [9.17, 15) is 4.79 Å². The first-order valence-corrected chi connectivity index (χ1v) is 7.61. The Hall–Kier alpha value is -0.870. The Morgan fingerprint density at radius 3 is 2.94 bits per heavy atom. The molecule has 2 rings (SSSR count). The molecular weight excluding hydrogens is 244 g/mol. The number of thiophene rings is 1. The quantitative estimate of drug-likeness (QED) is 0.851. The minimum atomic E-state index is 0.154. The summed E-state index contributed by atoms with van der Waals surface area (Å²) in [5.41, 5.74) is 6.89. The Balaban J connectivity index is 2.06. The molecule has 0 aromatic carbocycles. The van der Waals surface area contributed by atoms with Gasteiger partial charge < -0.3 is 10.6 Å². The summed E-state index contributed by atoms with van der Waals surface area (Å²) >= 11 is 1.70. The van der Waals surface area contributed by atoms with Crippen LogP contribution in [-0.2, 0) is 12.8 Å². The highest BCUT2D eigenvalue weighted by molar-refractivity contribution is 7.14. The maximum absolute atomic E-state index is 12.2. The monoisotopic (exact) mass is 266 g/mol. The molecular formula is C14H22N2OS. The lowest BCUT2D eigenvalue weighted by Gasteiger charge is -2.15. The maximum atomic E-state index is 12.2. The van der Waals surface area contributed by atoms with Crippen molar-refractivity contribution in [3.63, 3.8) is 0 Å². The van der Waals surface area contributed by atoms with Crippen molar-refractivity contribution in [3.8, 4) is 0 Å². The van der Waals surface area contributed by atoms with Gasteiger partial charge in [-0.15, -0.1) is 11.3 Å². The van der Waals surface area contributed by atoms with Crippen LogP contribution in [0.2, 0.25) is 0 Å². The molecule has 100 valence electrons. The van der Waals surface area contributed by atoms with E-state index in [1.807, 2.05) is 7.05 Å². The van der Waals surface area contributed by atoms with E-state index in [-0.39, 0.29) is 5.91 Å². The molecule has 1 heterocycles. The summed E-state index contributed by atoms with van der Waals surface area (Å²) in [6, 6.07) is 2.12. The lowest BCUT2D eigenvalue weighted by atomic mass is 10.1. The first-order valence-electron chi connectivity index (χ1n) is 6.79. The van der Waals surface area contributed by atoms with E-state index in [0.717, 1.165) is 30.7 Å². The van der Waals surface area contributed by atoms with Crippen molar-refractivity contribution in [3.05, 3.63) is 21.4 Å². The van der Waals surface area contributed by atoms with Gasteiger partial charge in [-0.1, -0.05) is 6.42 Å². The summed E-state index contributed by atoms with van der Waals surface area (Å²) in [4.78, 5) is 16.4. The largest absolute Gasteiger partial charge is 0.341 e. The number of nitrogens with zero attached hydrogens (tertiary/aromatic N) is 1. The molecule has 0 saturated heterocycles. The molecule has 0 aliphatic heterocycles. The standard InChI is InChI=1S/C14H22N2OS/c1-16(9-5-8-15)14(17)13-10-11-6-3-2-4-7-12(11)18-13/h10H,2-9,15H2,1H3. The Morgan fingerprint density at radius 1 is 1.39 bits per heavy atom. The Bertz CT molecular complexity index is 390. The number of carbonyl (C=O) groups excluding carboxylic acids is 1. The van der Waals surface area contributed by atoms with Gasteiger partial charge in [0.2, 0.25) is 0 Å². The summed E-state index contributed by atoms with van der Waals surface area (Å²) in [5, 5.41) is 0. The number of nitrogens with two attached hydrogens (primary N) is 1. The number of aryl methyl sites for hydroxylation is 2. The van der Waals surface area contributed by atoms with Gasteiger partial charge in [0.25, 0.3) is 5.91 Å². The van der Waals surface area contributed by atoms with Crippen LogP contribution in [0.25, 0.3) is 0 Å². The molecule has 0 bridgehead atoms. The highest BCUT2D eigenvalue weighted by Crippen LogP contribution is 2.29. The Morgan fingerprint density at radius 2 is 2.17 bits per heavy atom. The van der Waals surface area contributed by atoms with Crippen LogP contribution in [-0.4, -0.2) is 30.9 Å². The van der Waals surface area contributed by atoms with Gasteiger partial charge in [-0.2, -0.15) is 0 Å². The molecule has 0 unspecified atom stereocenters. The van der Waals surface area contributed by atoms with E-state index in [2.05, 4.69) is 6.07 Å². The topological polar surface area (TPSA) is 46.3 Å². The number of amides is 1. The van der Waals surface area contributed by atoms with Crippen LogP contribution in [0.5, 0.6) is 0 Å². The van der Waals surface area contributed by atoms with Crippen LogP contribution in [0.15, 0.2) is 6.07 Å². The van der Waals surface area contributed by atoms with Crippen LogP contribution < -0.4 is 5.73 Å². The molecule has 1 amide bonds. The van der Waals surface area contributed by atoms with E-state index in [1.54, 1.807) is 16.2 Å². The molecule has 0 atom stereocenters. The van der Waals surface area contributed by atoms with Crippen LogP contribution in [0.3, 0.4) is 0 Å². The lowest BCUT2D eigenvalue weighted by molar-refractivity contribution is 0.0799. The van der Waals surface area contributed by atoms with E-state index in [0.29, 0.717) is 6.54 Å². The zero-order valence-electron chi connectivity index (χ0n) is 11.1. The van der Waals surface area contributed by atoms with Gasteiger partial charge in [0, 0.05) is 18.5 Å². The van der Waals surface area contributed by atoms with Crippen LogP contribution in [0.1, 0.15) is 45.8 Å². The lowest BCUT2D eigenvalue weighted by Crippen LogP contribution is -2.28. The van der Waals surface area contributed by atoms with Gasteiger partial charge in [-0.05, 0) is 50.3 Å². The van der Waals surface area contributed by atoms with Crippen molar-refractivity contribution in [2.24, 2.45) is 5.73 Å². The van der Waals surface area contributed by atoms with Gasteiger partial charge in [0.1, 0.15) is 0 Å². The van der Waals surface area contributed by atoms with Crippen molar-refractivity contribution in [1.29, 1.82) is 0 Å². The molecule has 0 spiro atoms. The highest BCUT2D eigenvalue weighted by Gasteiger charge is 2.18. The van der Waals surface area contributed by atoms with Crippen LogP contribution in [0.4, 0.5) is 0 Å². The number of fused-ring (bicyclic) bond motifs is 1. The molecule has 1 aliphatic rings. The van der Waals surface area contributed by atoms with Gasteiger partial charge in [-0.25, -0.2) is 0 Å². The van der Waals surface area contributed by atoms with Crippen LogP contribution >= 0.6 is 11.3 Å². The van der Waals surface area contributed by atoms with Gasteiger partial charge in [-0.3, -0.25) is 4.79 Å². The molecule has 0 saturated carbocycles. The number of rotatable bonds is 4. The fourth-order valence-corrected chi connectivity index (χ4v) is 3.64. The molecule has 0 fully saturated rings. The third-order valence-corrected chi connectivity index (χ3v) is 4.73. The van der Waals surface area contributed by atoms with E-state index >= 15 is 0 Å². The third kappa shape index (κ3) is 3.12. The highest BCUT2D eigenvalue weighted by atomic mass is 32.1. The SMILES string of the molecule is CN(CCCN)C(=O)c1cc2c(s1)CCCCC2. The molecule has 1 aliphatic carbocycles. The van der Waals surface area contributed by atoms with Gasteiger partial charge in [0.15, 0.2) is 0 Å². The summed E-state index contributed by atoms with van der Waals surface area (Å²) in [6.45, 7) is 1.39. The average Bonchev–Trinajstić information content (AvgIpc) is 2.66. The fourth-order valence-electron chi connectivity index (χ4n) is 2.39. The Labute approximate surface area is 113 Å². The van der Waals surface area contributed by atoms with Gasteiger partial charge >= 0.3 is 0 Å². The third-order valence-electron chi connectivity index (χ3n) is 3.50. The summed E-state index contributed by atoms with van der Waals surface area (Å²) < 4.78 is 0. The zero-order valence-corrected chi connectivity index (χ0v) is 11.9. The second kappa shape index (κ2) is 6.34. The molecule has 3 nitrogen and oxygen atoms in total. The maximum Gasteiger partial charge on any atom is 0.263 e. The average molecular weight is 266 g/mol. The number of hydrogen-bond donors (Lipinski definition) is 1. The smallest absolute Gasteiger partial charge is 0.263 e. The molecule has 0 radical (unpaired) electrons. The first kappa shape index (κ1) is 13.6. The molecule has 2 N–H and O–H groups in total. The summed E-state index contributed by atoms with van der Waals surface area (Å²) in [7, 11) is 1.86. The number of hydrogen-bond acceptors (Lipinski definition) is 3. The first-order chi connectivity index (χ1) is 8.72. The van der Waals surface area contributed by atoms with E-state index in [4.69, 9.17) is 5.73 Å². The Kier molecular flexibility index (Phi) is 4.78. The zero-order chi connectivity index (χ0) is 13.0. The van der Waals surface area contributed by atoms with Gasteiger partial charge in [0.05, 0.1) is 4.88 Å². The van der Waals surface area contributed by atoms with E-state index in [1.165, 1.54) is 29.7 Å². The minimum absolute atomic E-state index is 0.154. The second-order valence-corrected chi connectivity index (χ2v) is 6.13. The molecule has 1 aromatic rings. The summed E-state index contributed by atoms with van der Waals surface area (Å²) in [6.07, 6.45) is 7.02. The molecule has 18 heavy (non-hydrogen) atoms. The summed E-state index contributed by atoms with van der Waals surface area (Å²) in [5.74, 6) is 0.154. The van der Waals surface area contributed by atoms with Crippen LogP contribution in [0, 0.1) is 0 Å². The predicted molar refractivity (Wildman–Crippen MR) is 76.2 cm³/mol. The predicted octanol–water partition coefficient (Wildman–Crippen LogP) is 2.44. The van der Waals surface area contributed by atoms with Crippen molar-refractivity contribution in [2.75, 3.05) is 20.1 Å². The van der Waals surface area contributed by atoms with Crippen molar-refractivity contribution in [2.45, 2.75) is 38.5 Å². The van der Waals surface area contributed by atoms with Crippen molar-refractivity contribution < 1.29 is 4.79 Å². The fraction of sp³-hybridized carbons (Fsp3) is 0.643. The minimum Gasteiger partial charge on any atom is -0.341 e.